The molecular weight excluding hydrogens is 269 g/mol. The first-order chi connectivity index (χ1) is 10.1. The average molecular weight is 289 g/mol. The maximum absolute atomic E-state index is 12.9. The lowest BCUT2D eigenvalue weighted by atomic mass is 10.2. The molecule has 0 spiro atoms. The van der Waals surface area contributed by atoms with Crippen molar-refractivity contribution in [2.45, 2.75) is 25.5 Å². The molecule has 1 aliphatic rings. The van der Waals surface area contributed by atoms with Gasteiger partial charge < -0.3 is 5.11 Å². The minimum atomic E-state index is -0.250. The first-order valence-corrected chi connectivity index (χ1v) is 7.29. The van der Waals surface area contributed by atoms with E-state index in [2.05, 4.69) is 10.00 Å². The molecule has 3 rings (SSSR count). The number of hydrogen-bond donors (Lipinski definition) is 1. The number of aliphatic hydroxyl groups excluding tert-OH is 1. The van der Waals surface area contributed by atoms with Gasteiger partial charge in [0.1, 0.15) is 5.82 Å². The zero-order chi connectivity index (χ0) is 14.8. The van der Waals surface area contributed by atoms with Gasteiger partial charge in [-0.3, -0.25) is 4.90 Å². The molecule has 4 nitrogen and oxygen atoms in total. The van der Waals surface area contributed by atoms with Gasteiger partial charge in [-0.2, -0.15) is 5.10 Å². The highest BCUT2D eigenvalue weighted by atomic mass is 19.1. The van der Waals surface area contributed by atoms with Gasteiger partial charge in [0.15, 0.2) is 0 Å². The van der Waals surface area contributed by atoms with Crippen molar-refractivity contribution in [3.8, 4) is 5.69 Å². The number of hydrogen-bond acceptors (Lipinski definition) is 3. The fourth-order valence-corrected chi connectivity index (χ4v) is 2.47. The summed E-state index contributed by atoms with van der Waals surface area (Å²) in [7, 11) is 1.99. The molecule has 5 heteroatoms. The average Bonchev–Trinajstić information content (AvgIpc) is 3.21. The number of halogens is 1. The Balaban J connectivity index is 1.60. The van der Waals surface area contributed by atoms with E-state index in [0.717, 1.165) is 24.2 Å². The molecule has 2 aromatic rings. The third kappa shape index (κ3) is 3.68. The van der Waals surface area contributed by atoms with Crippen molar-refractivity contribution in [1.29, 1.82) is 0 Å². The SMILES string of the molecule is CN(Cc1ccn(-c2ccc(F)cc2)n1)CC(O)C1CC1. The molecule has 1 fully saturated rings. The number of likely N-dealkylation sites (N-methyl/N-ethyl adjacent to an activating group) is 1. The fraction of sp³-hybridized carbons (Fsp3) is 0.438. The van der Waals surface area contributed by atoms with Crippen molar-refractivity contribution in [1.82, 2.24) is 14.7 Å². The molecule has 0 aliphatic heterocycles. The summed E-state index contributed by atoms with van der Waals surface area (Å²) in [6.45, 7) is 1.37. The standard InChI is InChI=1S/C16H20FN3O/c1-19(11-16(21)12-2-3-12)10-14-8-9-20(18-14)15-6-4-13(17)5-7-15/h4-9,12,16,21H,2-3,10-11H2,1H3. The number of rotatable bonds is 6. The van der Waals surface area contributed by atoms with Crippen LogP contribution in [0.1, 0.15) is 18.5 Å². The summed E-state index contributed by atoms with van der Waals surface area (Å²) in [6.07, 6.45) is 3.94. The van der Waals surface area contributed by atoms with Crippen LogP contribution in [-0.4, -0.2) is 39.5 Å². The van der Waals surface area contributed by atoms with E-state index < -0.39 is 0 Å². The van der Waals surface area contributed by atoms with Gasteiger partial charge in [-0.15, -0.1) is 0 Å². The topological polar surface area (TPSA) is 41.3 Å². The highest BCUT2D eigenvalue weighted by molar-refractivity contribution is 5.31. The van der Waals surface area contributed by atoms with Crippen LogP contribution in [0, 0.1) is 11.7 Å². The molecule has 1 heterocycles. The monoisotopic (exact) mass is 289 g/mol. The van der Waals surface area contributed by atoms with Crippen molar-refractivity contribution in [3.05, 3.63) is 48.0 Å². The maximum Gasteiger partial charge on any atom is 0.123 e. The summed E-state index contributed by atoms with van der Waals surface area (Å²) in [5.41, 5.74) is 1.77. The van der Waals surface area contributed by atoms with Crippen LogP contribution >= 0.6 is 0 Å². The number of aliphatic hydroxyl groups is 1. The van der Waals surface area contributed by atoms with Crippen LogP contribution in [0.5, 0.6) is 0 Å². The Labute approximate surface area is 123 Å². The Bertz CT molecular complexity index is 592. The molecule has 1 N–H and O–H groups in total. The zero-order valence-electron chi connectivity index (χ0n) is 12.1. The Morgan fingerprint density at radius 3 is 2.71 bits per heavy atom. The van der Waals surface area contributed by atoms with Gasteiger partial charge in [0.05, 0.1) is 17.5 Å². The van der Waals surface area contributed by atoms with Crippen LogP contribution < -0.4 is 0 Å². The third-order valence-electron chi connectivity index (χ3n) is 3.83. The van der Waals surface area contributed by atoms with Gasteiger partial charge in [-0.05, 0) is 56.1 Å². The smallest absolute Gasteiger partial charge is 0.123 e. The van der Waals surface area contributed by atoms with Crippen LogP contribution in [0.4, 0.5) is 4.39 Å². The van der Waals surface area contributed by atoms with Crippen LogP contribution in [-0.2, 0) is 6.54 Å². The predicted molar refractivity (Wildman–Crippen MR) is 78.6 cm³/mol. The van der Waals surface area contributed by atoms with Crippen LogP contribution in [0.15, 0.2) is 36.5 Å². The minimum absolute atomic E-state index is 0.228. The molecule has 1 aromatic carbocycles. The normalized spacial score (nSPS) is 16.4. The molecule has 0 bridgehead atoms. The fourth-order valence-electron chi connectivity index (χ4n) is 2.47. The Hall–Kier alpha value is -1.72. The third-order valence-corrected chi connectivity index (χ3v) is 3.83. The van der Waals surface area contributed by atoms with Crippen molar-refractivity contribution in [2.24, 2.45) is 5.92 Å². The highest BCUT2D eigenvalue weighted by Gasteiger charge is 2.30. The van der Waals surface area contributed by atoms with Gasteiger partial charge in [-0.1, -0.05) is 0 Å². The molecular formula is C16H20FN3O. The molecule has 1 saturated carbocycles. The largest absolute Gasteiger partial charge is 0.392 e. The Kier molecular flexibility index (Phi) is 4.03. The molecule has 112 valence electrons. The quantitative estimate of drug-likeness (QED) is 0.886. The molecule has 1 aromatic heterocycles. The van der Waals surface area contributed by atoms with E-state index in [1.165, 1.54) is 12.1 Å². The second-order valence-corrected chi connectivity index (χ2v) is 5.83. The van der Waals surface area contributed by atoms with Crippen LogP contribution in [0.3, 0.4) is 0 Å². The number of nitrogens with zero attached hydrogens (tertiary/aromatic N) is 3. The number of benzene rings is 1. The predicted octanol–water partition coefficient (Wildman–Crippen LogP) is 2.21. The summed E-state index contributed by atoms with van der Waals surface area (Å²) < 4.78 is 14.6. The summed E-state index contributed by atoms with van der Waals surface area (Å²) >= 11 is 0. The van der Waals surface area contributed by atoms with Gasteiger partial charge in [0, 0.05) is 19.3 Å². The minimum Gasteiger partial charge on any atom is -0.392 e. The Morgan fingerprint density at radius 2 is 2.05 bits per heavy atom. The van der Waals surface area contributed by atoms with E-state index in [0.29, 0.717) is 19.0 Å². The molecule has 0 saturated heterocycles. The lowest BCUT2D eigenvalue weighted by Gasteiger charge is -2.19. The van der Waals surface area contributed by atoms with E-state index in [9.17, 15) is 9.50 Å². The van der Waals surface area contributed by atoms with Crippen molar-refractivity contribution in [3.63, 3.8) is 0 Å². The number of aromatic nitrogens is 2. The first kappa shape index (κ1) is 14.2. The van der Waals surface area contributed by atoms with Gasteiger partial charge in [0.25, 0.3) is 0 Å². The van der Waals surface area contributed by atoms with Crippen molar-refractivity contribution >= 4 is 0 Å². The molecule has 0 amide bonds. The second kappa shape index (κ2) is 5.95. The van der Waals surface area contributed by atoms with Gasteiger partial charge in [-0.25, -0.2) is 9.07 Å². The van der Waals surface area contributed by atoms with E-state index in [4.69, 9.17) is 0 Å². The molecule has 21 heavy (non-hydrogen) atoms. The molecule has 1 atom stereocenters. The molecule has 1 unspecified atom stereocenters. The zero-order valence-corrected chi connectivity index (χ0v) is 12.1. The van der Waals surface area contributed by atoms with Crippen molar-refractivity contribution in [2.75, 3.05) is 13.6 Å². The molecule has 1 aliphatic carbocycles. The van der Waals surface area contributed by atoms with E-state index >= 15 is 0 Å². The Morgan fingerprint density at radius 1 is 1.33 bits per heavy atom. The maximum atomic E-state index is 12.9. The van der Waals surface area contributed by atoms with Gasteiger partial charge in [0.2, 0.25) is 0 Å². The van der Waals surface area contributed by atoms with Crippen LogP contribution in [0.25, 0.3) is 5.69 Å². The van der Waals surface area contributed by atoms with E-state index in [1.807, 2.05) is 19.3 Å². The second-order valence-electron chi connectivity index (χ2n) is 5.83. The van der Waals surface area contributed by atoms with Crippen molar-refractivity contribution < 1.29 is 9.50 Å². The van der Waals surface area contributed by atoms with Crippen LogP contribution in [0.2, 0.25) is 0 Å². The first-order valence-electron chi connectivity index (χ1n) is 7.29. The highest BCUT2D eigenvalue weighted by Crippen LogP contribution is 2.32. The molecule has 0 radical (unpaired) electrons. The lowest BCUT2D eigenvalue weighted by molar-refractivity contribution is 0.103. The summed E-state index contributed by atoms with van der Waals surface area (Å²) in [5, 5.41) is 14.4. The van der Waals surface area contributed by atoms with Gasteiger partial charge >= 0.3 is 0 Å². The van der Waals surface area contributed by atoms with E-state index in [-0.39, 0.29) is 11.9 Å². The summed E-state index contributed by atoms with van der Waals surface area (Å²) in [6, 6.07) is 8.20. The lowest BCUT2D eigenvalue weighted by Crippen LogP contribution is -2.30. The van der Waals surface area contributed by atoms with E-state index in [1.54, 1.807) is 16.8 Å². The summed E-state index contributed by atoms with van der Waals surface area (Å²) in [4.78, 5) is 2.08. The summed E-state index contributed by atoms with van der Waals surface area (Å²) in [5.74, 6) is 0.240.